The van der Waals surface area contributed by atoms with Crippen LogP contribution in [-0.2, 0) is 19.1 Å². The lowest BCUT2D eigenvalue weighted by Crippen LogP contribution is -2.61. The SMILES string of the molecule is C=C(C)C(=O)OC12CC3CC(C1)CC(OC(=O)C(=C)C)(C3)C2. The zero-order valence-electron chi connectivity index (χ0n) is 13.4. The Bertz CT molecular complexity index is 499. The van der Waals surface area contributed by atoms with Crippen LogP contribution in [0.4, 0.5) is 0 Å². The minimum Gasteiger partial charge on any atom is -0.456 e. The predicted octanol–water partition coefficient (Wildman–Crippen LogP) is 3.32. The van der Waals surface area contributed by atoms with E-state index in [9.17, 15) is 9.59 Å². The molecule has 0 aromatic heterocycles. The molecule has 0 unspecified atom stereocenters. The summed E-state index contributed by atoms with van der Waals surface area (Å²) in [6.07, 6.45) is 5.30. The van der Waals surface area contributed by atoms with E-state index in [0.717, 1.165) is 32.1 Å². The molecule has 4 nitrogen and oxygen atoms in total. The zero-order valence-corrected chi connectivity index (χ0v) is 13.4. The first-order valence-electron chi connectivity index (χ1n) is 8.00. The van der Waals surface area contributed by atoms with E-state index in [-0.39, 0.29) is 11.9 Å². The third-order valence-electron chi connectivity index (χ3n) is 5.27. The van der Waals surface area contributed by atoms with Gasteiger partial charge >= 0.3 is 11.9 Å². The summed E-state index contributed by atoms with van der Waals surface area (Å²) in [5.74, 6) is 0.279. The molecule has 4 bridgehead atoms. The molecule has 4 saturated carbocycles. The van der Waals surface area contributed by atoms with Crippen molar-refractivity contribution in [2.45, 2.75) is 63.6 Å². The van der Waals surface area contributed by atoms with Crippen LogP contribution in [0.25, 0.3) is 0 Å². The second-order valence-electron chi connectivity index (χ2n) is 7.67. The second kappa shape index (κ2) is 4.97. The van der Waals surface area contributed by atoms with Gasteiger partial charge in [0.15, 0.2) is 0 Å². The highest BCUT2D eigenvalue weighted by atomic mass is 16.6. The molecule has 0 radical (unpaired) electrons. The van der Waals surface area contributed by atoms with Crippen LogP contribution < -0.4 is 0 Å². The molecule has 4 fully saturated rings. The summed E-state index contributed by atoms with van der Waals surface area (Å²) in [6.45, 7) is 10.7. The van der Waals surface area contributed by atoms with Crippen molar-refractivity contribution < 1.29 is 19.1 Å². The van der Waals surface area contributed by atoms with Crippen molar-refractivity contribution in [3.05, 3.63) is 24.3 Å². The van der Waals surface area contributed by atoms with Gasteiger partial charge in [-0.05, 0) is 57.8 Å². The van der Waals surface area contributed by atoms with E-state index in [4.69, 9.17) is 9.47 Å². The lowest BCUT2D eigenvalue weighted by atomic mass is 9.52. The normalized spacial score (nSPS) is 38.5. The standard InChI is InChI=1S/C18H24O4/c1-11(2)15(19)21-17-6-13-5-14(7-17)9-18(8-13,10-17)22-16(20)12(3)4/h13-14H,1,3,5-10H2,2,4H3. The summed E-state index contributed by atoms with van der Waals surface area (Å²) < 4.78 is 11.7. The summed E-state index contributed by atoms with van der Waals surface area (Å²) in [7, 11) is 0. The van der Waals surface area contributed by atoms with Crippen LogP contribution in [0.15, 0.2) is 24.3 Å². The first-order chi connectivity index (χ1) is 10.2. The van der Waals surface area contributed by atoms with Gasteiger partial charge in [0.05, 0.1) is 0 Å². The van der Waals surface area contributed by atoms with Crippen LogP contribution in [0.5, 0.6) is 0 Å². The predicted molar refractivity (Wildman–Crippen MR) is 82.0 cm³/mol. The van der Waals surface area contributed by atoms with Crippen molar-refractivity contribution in [3.8, 4) is 0 Å². The van der Waals surface area contributed by atoms with E-state index in [1.807, 2.05) is 0 Å². The molecule has 0 atom stereocenters. The summed E-state index contributed by atoms with van der Waals surface area (Å²) in [5, 5.41) is 0. The van der Waals surface area contributed by atoms with Crippen LogP contribution in [0, 0.1) is 11.8 Å². The summed E-state index contributed by atoms with van der Waals surface area (Å²) in [6, 6.07) is 0. The summed E-state index contributed by atoms with van der Waals surface area (Å²) in [4.78, 5) is 24.0. The maximum atomic E-state index is 12.0. The van der Waals surface area contributed by atoms with Crippen LogP contribution in [0.3, 0.4) is 0 Å². The van der Waals surface area contributed by atoms with Crippen molar-refractivity contribution in [1.29, 1.82) is 0 Å². The van der Waals surface area contributed by atoms with Gasteiger partial charge in [0.2, 0.25) is 0 Å². The van der Waals surface area contributed by atoms with E-state index in [1.165, 1.54) is 0 Å². The monoisotopic (exact) mass is 304 g/mol. The maximum Gasteiger partial charge on any atom is 0.333 e. The Morgan fingerprint density at radius 2 is 1.23 bits per heavy atom. The van der Waals surface area contributed by atoms with Gasteiger partial charge in [-0.25, -0.2) is 9.59 Å². The zero-order chi connectivity index (χ0) is 16.1. The quantitative estimate of drug-likeness (QED) is 0.590. The van der Waals surface area contributed by atoms with Crippen molar-refractivity contribution in [1.82, 2.24) is 0 Å². The van der Waals surface area contributed by atoms with E-state index in [2.05, 4.69) is 13.2 Å². The fourth-order valence-electron chi connectivity index (χ4n) is 4.90. The molecule has 22 heavy (non-hydrogen) atoms. The van der Waals surface area contributed by atoms with Crippen LogP contribution >= 0.6 is 0 Å². The average molecular weight is 304 g/mol. The van der Waals surface area contributed by atoms with Gasteiger partial charge in [-0.15, -0.1) is 0 Å². The van der Waals surface area contributed by atoms with Gasteiger partial charge in [-0.3, -0.25) is 0 Å². The van der Waals surface area contributed by atoms with Crippen LogP contribution in [0.1, 0.15) is 52.4 Å². The van der Waals surface area contributed by atoms with Gasteiger partial charge < -0.3 is 9.47 Å². The van der Waals surface area contributed by atoms with E-state index >= 15 is 0 Å². The lowest BCUT2D eigenvalue weighted by molar-refractivity contribution is -0.227. The van der Waals surface area contributed by atoms with Crippen molar-refractivity contribution in [2.24, 2.45) is 11.8 Å². The highest BCUT2D eigenvalue weighted by molar-refractivity contribution is 5.88. The smallest absolute Gasteiger partial charge is 0.333 e. The molecule has 0 spiro atoms. The summed E-state index contributed by atoms with van der Waals surface area (Å²) >= 11 is 0. The molecule has 4 aliphatic carbocycles. The molecule has 0 heterocycles. The topological polar surface area (TPSA) is 52.6 Å². The van der Waals surface area contributed by atoms with E-state index in [0.29, 0.717) is 29.4 Å². The molecule has 4 heteroatoms. The first-order valence-corrected chi connectivity index (χ1v) is 8.00. The first kappa shape index (κ1) is 15.3. The Morgan fingerprint density at radius 3 is 1.55 bits per heavy atom. The summed E-state index contributed by atoms with van der Waals surface area (Å²) in [5.41, 5.74) is -0.113. The number of hydrogen-bond acceptors (Lipinski definition) is 4. The Morgan fingerprint density at radius 1 is 0.864 bits per heavy atom. The highest BCUT2D eigenvalue weighted by Crippen LogP contribution is 2.60. The number of esters is 2. The number of rotatable bonds is 4. The molecule has 0 saturated heterocycles. The molecule has 0 N–H and O–H groups in total. The number of hydrogen-bond donors (Lipinski definition) is 0. The maximum absolute atomic E-state index is 12.0. The minimum absolute atomic E-state index is 0.330. The molecule has 0 aromatic rings. The Hall–Kier alpha value is -1.58. The van der Waals surface area contributed by atoms with Crippen LogP contribution in [0.2, 0.25) is 0 Å². The van der Waals surface area contributed by atoms with Crippen molar-refractivity contribution >= 4 is 11.9 Å². The lowest BCUT2D eigenvalue weighted by Gasteiger charge is -2.60. The van der Waals surface area contributed by atoms with Crippen molar-refractivity contribution in [2.75, 3.05) is 0 Å². The van der Waals surface area contributed by atoms with Gasteiger partial charge in [0, 0.05) is 17.6 Å². The van der Waals surface area contributed by atoms with Crippen molar-refractivity contribution in [3.63, 3.8) is 0 Å². The molecule has 0 amide bonds. The largest absolute Gasteiger partial charge is 0.456 e. The number of ether oxygens (including phenoxy) is 2. The molecular weight excluding hydrogens is 280 g/mol. The Kier molecular flexibility index (Phi) is 3.46. The molecule has 0 aromatic carbocycles. The van der Waals surface area contributed by atoms with E-state index < -0.39 is 11.2 Å². The Labute approximate surface area is 131 Å². The Balaban J connectivity index is 1.83. The van der Waals surface area contributed by atoms with Gasteiger partial charge in [-0.1, -0.05) is 13.2 Å². The van der Waals surface area contributed by atoms with E-state index in [1.54, 1.807) is 13.8 Å². The molecule has 4 rings (SSSR count). The molecule has 0 aliphatic heterocycles. The number of carbonyl (C=O) groups excluding carboxylic acids is 2. The second-order valence-corrected chi connectivity index (χ2v) is 7.67. The van der Waals surface area contributed by atoms with Crippen LogP contribution in [-0.4, -0.2) is 23.1 Å². The fourth-order valence-corrected chi connectivity index (χ4v) is 4.90. The molecule has 120 valence electrons. The third-order valence-corrected chi connectivity index (χ3v) is 5.27. The average Bonchev–Trinajstić information content (AvgIpc) is 2.35. The fraction of sp³-hybridized carbons (Fsp3) is 0.667. The van der Waals surface area contributed by atoms with Gasteiger partial charge in [0.25, 0.3) is 0 Å². The molecule has 4 aliphatic rings. The third kappa shape index (κ3) is 2.59. The minimum atomic E-state index is -0.477. The van der Waals surface area contributed by atoms with Gasteiger partial charge in [0.1, 0.15) is 11.2 Å². The number of carbonyl (C=O) groups is 2. The molecular formula is C18H24O4. The van der Waals surface area contributed by atoms with Gasteiger partial charge in [-0.2, -0.15) is 0 Å². The highest BCUT2D eigenvalue weighted by Gasteiger charge is 2.61.